The molecule has 1 N–H and O–H groups in total. The van der Waals surface area contributed by atoms with E-state index in [9.17, 15) is 41.1 Å². The van der Waals surface area contributed by atoms with E-state index in [0.717, 1.165) is 18.2 Å². The molecule has 2 aliphatic rings. The third kappa shape index (κ3) is 6.54. The van der Waals surface area contributed by atoms with Crippen LogP contribution in [0.5, 0.6) is 0 Å². The summed E-state index contributed by atoms with van der Waals surface area (Å²) in [5.74, 6) is -3.48. The number of nitro groups is 1. The van der Waals surface area contributed by atoms with Gasteiger partial charge in [0, 0.05) is 37.6 Å². The lowest BCUT2D eigenvalue weighted by atomic mass is 9.78. The first kappa shape index (κ1) is 28.5. The number of halogens is 3. The van der Waals surface area contributed by atoms with Gasteiger partial charge in [0.05, 0.1) is 5.56 Å². The van der Waals surface area contributed by atoms with E-state index in [1.54, 1.807) is 36.4 Å². The van der Waals surface area contributed by atoms with Gasteiger partial charge in [-0.25, -0.2) is 0 Å². The Morgan fingerprint density at radius 1 is 1.08 bits per heavy atom. The van der Waals surface area contributed by atoms with Gasteiger partial charge >= 0.3 is 6.18 Å². The van der Waals surface area contributed by atoms with Crippen molar-refractivity contribution in [2.75, 3.05) is 31.9 Å². The number of amides is 1. The van der Waals surface area contributed by atoms with E-state index < -0.39 is 49.9 Å². The summed E-state index contributed by atoms with van der Waals surface area (Å²) in [5.41, 5.74) is -1.56. The number of benzene rings is 2. The Morgan fingerprint density at radius 3 is 2.33 bits per heavy atom. The summed E-state index contributed by atoms with van der Waals surface area (Å²) in [5, 5.41) is 12.2. The molecule has 1 aliphatic carbocycles. The van der Waals surface area contributed by atoms with Crippen LogP contribution in [0.15, 0.2) is 72.8 Å². The maximum atomic E-state index is 13.7. The summed E-state index contributed by atoms with van der Waals surface area (Å²) in [7, 11) is -4.85. The second kappa shape index (κ2) is 10.9. The molecule has 0 aromatic heterocycles. The monoisotopic (exact) mass is 565 g/mol. The molecule has 4 rings (SSSR count). The Morgan fingerprint density at radius 2 is 1.74 bits per heavy atom. The number of allylic oxidation sites excluding steroid dienone is 2. The fourth-order valence-electron chi connectivity index (χ4n) is 4.91. The molecule has 2 unspecified atom stereocenters. The van der Waals surface area contributed by atoms with Crippen LogP contribution in [0.3, 0.4) is 0 Å². The Bertz CT molecular complexity index is 1400. The molecule has 1 aliphatic heterocycles. The number of carbonyl (C=O) groups excluding carboxylic acids is 1. The highest BCUT2D eigenvalue weighted by Gasteiger charge is 2.56. The summed E-state index contributed by atoms with van der Waals surface area (Å²) in [6.07, 6.45) is -0.677. The van der Waals surface area contributed by atoms with Crippen LogP contribution >= 0.6 is 0 Å². The number of rotatable bonds is 7. The van der Waals surface area contributed by atoms with Crippen molar-refractivity contribution in [3.05, 3.63) is 99.6 Å². The van der Waals surface area contributed by atoms with Crippen LogP contribution in [0.4, 0.5) is 13.2 Å². The zero-order valence-electron chi connectivity index (χ0n) is 20.6. The van der Waals surface area contributed by atoms with Gasteiger partial charge in [-0.3, -0.25) is 24.4 Å². The van der Waals surface area contributed by atoms with Crippen LogP contribution in [-0.2, 0) is 27.6 Å². The molecule has 9 nitrogen and oxygen atoms in total. The Kier molecular flexibility index (Phi) is 7.96. The summed E-state index contributed by atoms with van der Waals surface area (Å²) in [6, 6.07) is 13.7. The molecule has 13 heteroatoms. The highest BCUT2D eigenvalue weighted by molar-refractivity contribution is 7.85. The van der Waals surface area contributed by atoms with Gasteiger partial charge in [-0.1, -0.05) is 60.7 Å². The standard InChI is InChI=1S/C26H26F3N3O6S/c27-26(28,29)22-8-4-5-19(15-22)17-30-11-13-31(14-12-30)24(33)23-16-21(20-6-2-1-3-7-20)9-10-25(23,32(34)35)18-39(36,37)38/h1-10,15-16,23H,11-14,17-18H2,(H,36,37,38). The normalized spacial score (nSPS) is 22.4. The lowest BCUT2D eigenvalue weighted by Crippen LogP contribution is -2.58. The van der Waals surface area contributed by atoms with Gasteiger partial charge in [-0.2, -0.15) is 21.6 Å². The maximum Gasteiger partial charge on any atom is 0.416 e. The molecule has 0 saturated carbocycles. The molecule has 0 radical (unpaired) electrons. The fourth-order valence-corrected chi connectivity index (χ4v) is 5.88. The second-order valence-corrected chi connectivity index (χ2v) is 11.0. The molecule has 1 heterocycles. The smallest absolute Gasteiger partial charge is 0.339 e. The first-order chi connectivity index (χ1) is 18.3. The zero-order chi connectivity index (χ0) is 28.4. The molecule has 1 saturated heterocycles. The average molecular weight is 566 g/mol. The first-order valence-electron chi connectivity index (χ1n) is 12.0. The van der Waals surface area contributed by atoms with E-state index in [1.807, 2.05) is 4.90 Å². The van der Waals surface area contributed by atoms with E-state index >= 15 is 0 Å². The lowest BCUT2D eigenvalue weighted by molar-refractivity contribution is -0.554. The Labute approximate surface area is 223 Å². The van der Waals surface area contributed by atoms with E-state index in [4.69, 9.17) is 0 Å². The number of hydrogen-bond donors (Lipinski definition) is 1. The number of carbonyl (C=O) groups is 1. The molecule has 2 aromatic carbocycles. The van der Waals surface area contributed by atoms with Gasteiger partial charge in [-0.15, -0.1) is 0 Å². The summed E-state index contributed by atoms with van der Waals surface area (Å²) in [4.78, 5) is 28.3. The summed E-state index contributed by atoms with van der Waals surface area (Å²) >= 11 is 0. The predicted molar refractivity (Wildman–Crippen MR) is 136 cm³/mol. The minimum absolute atomic E-state index is 0.131. The Balaban J connectivity index is 1.55. The van der Waals surface area contributed by atoms with Crippen LogP contribution in [0.25, 0.3) is 5.57 Å². The number of hydrogen-bond acceptors (Lipinski definition) is 6. The topological polar surface area (TPSA) is 121 Å². The first-order valence-corrected chi connectivity index (χ1v) is 13.6. The van der Waals surface area contributed by atoms with Crippen molar-refractivity contribution in [3.8, 4) is 0 Å². The minimum atomic E-state index is -4.85. The van der Waals surface area contributed by atoms with Crippen LogP contribution in [0.2, 0.25) is 0 Å². The molecule has 2 atom stereocenters. The molecule has 1 amide bonds. The average Bonchev–Trinajstić information content (AvgIpc) is 2.88. The van der Waals surface area contributed by atoms with Crippen LogP contribution in [0.1, 0.15) is 16.7 Å². The lowest BCUT2D eigenvalue weighted by Gasteiger charge is -2.38. The van der Waals surface area contributed by atoms with E-state index in [0.29, 0.717) is 29.8 Å². The molecule has 2 aromatic rings. The van der Waals surface area contributed by atoms with Gasteiger partial charge in [0.1, 0.15) is 5.92 Å². The molecule has 208 valence electrons. The largest absolute Gasteiger partial charge is 0.416 e. The van der Waals surface area contributed by atoms with Gasteiger partial charge in [-0.05, 0) is 28.8 Å². The molecular weight excluding hydrogens is 539 g/mol. The molecular formula is C26H26F3N3O6S. The molecule has 1 fully saturated rings. The third-order valence-corrected chi connectivity index (χ3v) is 7.73. The van der Waals surface area contributed by atoms with Crippen molar-refractivity contribution < 1.29 is 35.9 Å². The van der Waals surface area contributed by atoms with E-state index in [1.165, 1.54) is 23.1 Å². The summed E-state index contributed by atoms with van der Waals surface area (Å²) in [6.45, 7) is 1.07. The number of nitrogens with zero attached hydrogens (tertiary/aromatic N) is 3. The third-order valence-electron chi connectivity index (χ3n) is 6.91. The molecule has 0 bridgehead atoms. The van der Waals surface area contributed by atoms with Gasteiger partial charge in [0.15, 0.2) is 5.75 Å². The maximum absolute atomic E-state index is 13.7. The van der Waals surface area contributed by atoms with Crippen LogP contribution in [-0.4, -0.2) is 71.1 Å². The van der Waals surface area contributed by atoms with Crippen molar-refractivity contribution in [1.29, 1.82) is 0 Å². The SMILES string of the molecule is O=C(C1C=C(c2ccccc2)C=CC1(CS(=O)(=O)O)[N+](=O)[O-])N1CCN(Cc2cccc(C(F)(F)F)c2)CC1. The molecule has 39 heavy (non-hydrogen) atoms. The predicted octanol–water partition coefficient (Wildman–Crippen LogP) is 3.52. The zero-order valence-corrected chi connectivity index (χ0v) is 21.4. The van der Waals surface area contributed by atoms with Gasteiger partial charge in [0.25, 0.3) is 15.7 Å². The number of alkyl halides is 3. The van der Waals surface area contributed by atoms with Gasteiger partial charge in [0.2, 0.25) is 5.91 Å². The van der Waals surface area contributed by atoms with E-state index in [2.05, 4.69) is 0 Å². The summed E-state index contributed by atoms with van der Waals surface area (Å²) < 4.78 is 72.3. The van der Waals surface area contributed by atoms with Crippen LogP contribution < -0.4 is 0 Å². The highest BCUT2D eigenvalue weighted by Crippen LogP contribution is 2.36. The van der Waals surface area contributed by atoms with Gasteiger partial charge < -0.3 is 4.90 Å². The van der Waals surface area contributed by atoms with E-state index in [-0.39, 0.29) is 19.6 Å². The van der Waals surface area contributed by atoms with Crippen molar-refractivity contribution >= 4 is 21.6 Å². The highest BCUT2D eigenvalue weighted by atomic mass is 32.2. The minimum Gasteiger partial charge on any atom is -0.339 e. The second-order valence-electron chi connectivity index (χ2n) is 9.57. The van der Waals surface area contributed by atoms with Crippen molar-refractivity contribution in [2.24, 2.45) is 5.92 Å². The van der Waals surface area contributed by atoms with Crippen molar-refractivity contribution in [3.63, 3.8) is 0 Å². The quantitative estimate of drug-likeness (QED) is 0.310. The van der Waals surface area contributed by atoms with Crippen LogP contribution in [0, 0.1) is 16.0 Å². The number of piperazine rings is 1. The van der Waals surface area contributed by atoms with Crippen molar-refractivity contribution in [1.82, 2.24) is 9.80 Å². The fraction of sp³-hybridized carbons (Fsp3) is 0.346. The molecule has 0 spiro atoms. The van der Waals surface area contributed by atoms with Crippen molar-refractivity contribution in [2.45, 2.75) is 18.3 Å². The Hall–Kier alpha value is -3.55.